The molecule has 1 aromatic rings. The van der Waals surface area contributed by atoms with Crippen molar-refractivity contribution >= 4 is 34.2 Å². The Kier molecular flexibility index (Phi) is 4.48. The van der Waals surface area contributed by atoms with Crippen molar-refractivity contribution in [3.05, 3.63) is 10.6 Å². The molecule has 1 aliphatic heterocycles. The molecule has 1 fully saturated rings. The first-order chi connectivity index (χ1) is 9.74. The van der Waals surface area contributed by atoms with Crippen molar-refractivity contribution < 1.29 is 9.90 Å². The van der Waals surface area contributed by atoms with Crippen molar-refractivity contribution in [2.24, 2.45) is 0 Å². The first-order valence-corrected chi connectivity index (χ1v) is 8.97. The molecule has 1 aromatic heterocycles. The lowest BCUT2D eigenvalue weighted by Gasteiger charge is -2.25. The number of aliphatic carboxylic acids is 1. The monoisotopic (exact) mass is 313 g/mol. The van der Waals surface area contributed by atoms with Gasteiger partial charge in [-0.15, -0.1) is 11.3 Å². The number of carbonyl (C=O) groups is 1. The highest BCUT2D eigenvalue weighted by atomic mass is 32.2. The summed E-state index contributed by atoms with van der Waals surface area (Å²) in [6.07, 6.45) is 1.56. The van der Waals surface area contributed by atoms with Gasteiger partial charge >= 0.3 is 5.97 Å². The molecule has 2 heterocycles. The number of fused-ring (bicyclic) bond motifs is 1. The van der Waals surface area contributed by atoms with Gasteiger partial charge in [-0.3, -0.25) is 9.69 Å². The zero-order chi connectivity index (χ0) is 13.9. The number of carboxylic acids is 1. The maximum absolute atomic E-state index is 11.1. The van der Waals surface area contributed by atoms with Crippen LogP contribution >= 0.6 is 23.1 Å². The van der Waals surface area contributed by atoms with Gasteiger partial charge in [0.15, 0.2) is 5.13 Å². The van der Waals surface area contributed by atoms with E-state index in [0.29, 0.717) is 6.42 Å². The highest BCUT2D eigenvalue weighted by Crippen LogP contribution is 2.38. The number of rotatable bonds is 5. The molecule has 2 aliphatic rings. The molecule has 5 nitrogen and oxygen atoms in total. The normalized spacial score (nSPS) is 22.7. The largest absolute Gasteiger partial charge is 0.481 e. The van der Waals surface area contributed by atoms with Crippen LogP contribution in [0.5, 0.6) is 0 Å². The van der Waals surface area contributed by atoms with Crippen LogP contribution in [0.4, 0.5) is 5.13 Å². The van der Waals surface area contributed by atoms with E-state index < -0.39 is 11.9 Å². The summed E-state index contributed by atoms with van der Waals surface area (Å²) in [5.74, 6) is 1.32. The number of thioether (sulfide) groups is 1. The lowest BCUT2D eigenvalue weighted by atomic mass is 10.1. The summed E-state index contributed by atoms with van der Waals surface area (Å²) in [4.78, 5) is 19.2. The molecule has 1 saturated heterocycles. The van der Waals surface area contributed by atoms with Gasteiger partial charge in [0.05, 0.1) is 5.69 Å². The summed E-state index contributed by atoms with van der Waals surface area (Å²) >= 11 is 3.64. The maximum Gasteiger partial charge on any atom is 0.312 e. The van der Waals surface area contributed by atoms with Crippen molar-refractivity contribution in [2.75, 3.05) is 43.0 Å². The smallest absolute Gasteiger partial charge is 0.312 e. The van der Waals surface area contributed by atoms with Gasteiger partial charge in [0.25, 0.3) is 0 Å². The van der Waals surface area contributed by atoms with Crippen LogP contribution in [0.1, 0.15) is 22.9 Å². The molecule has 1 aliphatic carbocycles. The average molecular weight is 313 g/mol. The molecule has 0 aromatic carbocycles. The van der Waals surface area contributed by atoms with E-state index in [-0.39, 0.29) is 0 Å². The van der Waals surface area contributed by atoms with Gasteiger partial charge in [-0.1, -0.05) is 0 Å². The van der Waals surface area contributed by atoms with E-state index in [0.717, 1.165) is 35.2 Å². The van der Waals surface area contributed by atoms with Crippen LogP contribution in [0, 0.1) is 0 Å². The highest BCUT2D eigenvalue weighted by molar-refractivity contribution is 7.99. The third kappa shape index (κ3) is 3.10. The Morgan fingerprint density at radius 3 is 3.00 bits per heavy atom. The fourth-order valence-corrected chi connectivity index (χ4v) is 4.73. The van der Waals surface area contributed by atoms with E-state index in [4.69, 9.17) is 5.11 Å². The molecule has 1 atom stereocenters. The second kappa shape index (κ2) is 6.32. The van der Waals surface area contributed by atoms with Crippen molar-refractivity contribution in [3.63, 3.8) is 0 Å². The Labute approximate surface area is 126 Å². The summed E-state index contributed by atoms with van der Waals surface area (Å²) in [5.41, 5.74) is 0.791. The Bertz CT molecular complexity index is 486. The Morgan fingerprint density at radius 1 is 1.45 bits per heavy atom. The number of thiazole rings is 1. The van der Waals surface area contributed by atoms with Gasteiger partial charge in [-0.25, -0.2) is 4.98 Å². The summed E-state index contributed by atoms with van der Waals surface area (Å²) in [5, 5.41) is 13.4. The average Bonchev–Trinajstić information content (AvgIpc) is 2.99. The SMILES string of the molecule is O=C(O)C1CCc2sc(NCCN3CCSCC3)nc21. The Hall–Kier alpha value is -0.790. The van der Waals surface area contributed by atoms with Gasteiger partial charge in [-0.2, -0.15) is 11.8 Å². The number of aromatic nitrogens is 1. The van der Waals surface area contributed by atoms with Crippen LogP contribution in [-0.4, -0.2) is 58.6 Å². The minimum absolute atomic E-state index is 0.393. The molecular weight excluding hydrogens is 294 g/mol. The van der Waals surface area contributed by atoms with E-state index in [2.05, 4.69) is 15.2 Å². The summed E-state index contributed by atoms with van der Waals surface area (Å²) in [6, 6.07) is 0. The summed E-state index contributed by atoms with van der Waals surface area (Å²) < 4.78 is 0. The second-order valence-corrected chi connectivity index (χ2v) is 7.45. The third-order valence-corrected chi connectivity index (χ3v) is 5.85. The number of hydrogen-bond acceptors (Lipinski definition) is 6. The minimum Gasteiger partial charge on any atom is -0.481 e. The highest BCUT2D eigenvalue weighted by Gasteiger charge is 2.32. The van der Waals surface area contributed by atoms with E-state index in [9.17, 15) is 4.79 Å². The van der Waals surface area contributed by atoms with Gasteiger partial charge in [0.2, 0.25) is 0 Å². The van der Waals surface area contributed by atoms with Crippen molar-refractivity contribution in [1.82, 2.24) is 9.88 Å². The third-order valence-electron chi connectivity index (χ3n) is 3.82. The summed E-state index contributed by atoms with van der Waals surface area (Å²) in [6.45, 7) is 4.26. The molecule has 1 unspecified atom stereocenters. The number of aryl methyl sites for hydroxylation is 1. The number of carboxylic acid groups (broad SMARTS) is 1. The standard InChI is InChI=1S/C13H19N3O2S2/c17-12(18)9-1-2-10-11(9)15-13(20-10)14-3-4-16-5-7-19-8-6-16/h9H,1-8H2,(H,14,15)(H,17,18). The fourth-order valence-electron chi connectivity index (χ4n) is 2.69. The number of nitrogens with zero attached hydrogens (tertiary/aromatic N) is 2. The lowest BCUT2D eigenvalue weighted by Crippen LogP contribution is -2.36. The van der Waals surface area contributed by atoms with Crippen LogP contribution in [0.25, 0.3) is 0 Å². The van der Waals surface area contributed by atoms with Crippen molar-refractivity contribution in [3.8, 4) is 0 Å². The number of anilines is 1. The van der Waals surface area contributed by atoms with E-state index >= 15 is 0 Å². The molecule has 0 amide bonds. The molecule has 0 saturated carbocycles. The molecule has 0 spiro atoms. The zero-order valence-electron chi connectivity index (χ0n) is 11.3. The molecule has 0 radical (unpaired) electrons. The minimum atomic E-state index is -0.744. The van der Waals surface area contributed by atoms with Crippen LogP contribution in [-0.2, 0) is 11.2 Å². The summed E-state index contributed by atoms with van der Waals surface area (Å²) in [7, 11) is 0. The lowest BCUT2D eigenvalue weighted by molar-refractivity contribution is -0.138. The van der Waals surface area contributed by atoms with Crippen molar-refractivity contribution in [1.29, 1.82) is 0 Å². The van der Waals surface area contributed by atoms with Gasteiger partial charge in [0.1, 0.15) is 5.92 Å². The fraction of sp³-hybridized carbons (Fsp3) is 0.692. The van der Waals surface area contributed by atoms with Gasteiger partial charge in [0, 0.05) is 42.6 Å². The van der Waals surface area contributed by atoms with E-state index in [1.165, 1.54) is 24.6 Å². The van der Waals surface area contributed by atoms with Crippen LogP contribution in [0.15, 0.2) is 0 Å². The number of hydrogen-bond donors (Lipinski definition) is 2. The molecule has 7 heteroatoms. The molecule has 0 bridgehead atoms. The van der Waals surface area contributed by atoms with Crippen LogP contribution in [0.2, 0.25) is 0 Å². The quantitative estimate of drug-likeness (QED) is 0.863. The second-order valence-electron chi connectivity index (χ2n) is 5.14. The topological polar surface area (TPSA) is 65.5 Å². The van der Waals surface area contributed by atoms with E-state index in [1.807, 2.05) is 11.8 Å². The van der Waals surface area contributed by atoms with Gasteiger partial charge < -0.3 is 10.4 Å². The maximum atomic E-state index is 11.1. The predicted octanol–water partition coefficient (Wildman–Crippen LogP) is 1.72. The van der Waals surface area contributed by atoms with Gasteiger partial charge in [-0.05, 0) is 12.8 Å². The first-order valence-electron chi connectivity index (χ1n) is 7.00. The molecule has 110 valence electrons. The van der Waals surface area contributed by atoms with Crippen LogP contribution < -0.4 is 5.32 Å². The molecule has 2 N–H and O–H groups in total. The molecular formula is C13H19N3O2S2. The van der Waals surface area contributed by atoms with E-state index in [1.54, 1.807) is 11.3 Å². The van der Waals surface area contributed by atoms with Crippen LogP contribution in [0.3, 0.4) is 0 Å². The molecule has 3 rings (SSSR count). The zero-order valence-corrected chi connectivity index (χ0v) is 12.9. The Balaban J connectivity index is 1.51. The predicted molar refractivity (Wildman–Crippen MR) is 83.1 cm³/mol. The first kappa shape index (κ1) is 14.2. The molecule has 20 heavy (non-hydrogen) atoms. The van der Waals surface area contributed by atoms with Crippen molar-refractivity contribution in [2.45, 2.75) is 18.8 Å². The number of nitrogens with one attached hydrogen (secondary N) is 1. The Morgan fingerprint density at radius 2 is 2.25 bits per heavy atom.